The van der Waals surface area contributed by atoms with Gasteiger partial charge in [-0.1, -0.05) is 34.6 Å². The zero-order valence-electron chi connectivity index (χ0n) is 13.3. The van der Waals surface area contributed by atoms with Crippen LogP contribution in [-0.2, 0) is 19.5 Å². The molecule has 1 rings (SSSR count). The molecule has 10 heteroatoms. The fourth-order valence-corrected chi connectivity index (χ4v) is 2.39. The molecule has 0 amide bonds. The zero-order valence-corrected chi connectivity index (χ0v) is 17.5. The van der Waals surface area contributed by atoms with Gasteiger partial charge in [0.1, 0.15) is 0 Å². The van der Waals surface area contributed by atoms with Crippen LogP contribution in [-0.4, -0.2) is 20.3 Å². The standard InChI is InChI=1S/C10H20.C2H3N.7FH.Rh.Sb/c1-6-7(2)9(4)10(5)8(6)3;1-2-3;;;;;;;;;/h6-10H,1-5H3;1H3;7*1H;;/q;;;;;;;;;+2;+5/p-7. The summed E-state index contributed by atoms with van der Waals surface area (Å²) in [6, 6.07) is 1.75. The zero-order chi connectivity index (χ0) is 16.0. The Bertz CT molecular complexity index is 255. The van der Waals surface area contributed by atoms with Crippen molar-refractivity contribution < 1.29 is 43.0 Å². The minimum Gasteiger partial charge on any atom is 2.00 e. The summed E-state index contributed by atoms with van der Waals surface area (Å²) in [4.78, 5) is 0. The van der Waals surface area contributed by atoms with Gasteiger partial charge in [0.2, 0.25) is 0 Å². The first-order chi connectivity index (χ1) is 8.20. The van der Waals surface area contributed by atoms with Gasteiger partial charge >= 0.3 is 53.8 Å². The molecule has 0 N–H and O–H groups in total. The van der Waals surface area contributed by atoms with Crippen molar-refractivity contribution in [3.8, 4) is 6.07 Å². The van der Waals surface area contributed by atoms with Crippen LogP contribution >= 0.6 is 0 Å². The number of hydrogen-bond acceptors (Lipinski definition) is 1. The van der Waals surface area contributed by atoms with Gasteiger partial charge in [0.25, 0.3) is 0 Å². The molecule has 0 saturated heterocycles. The van der Waals surface area contributed by atoms with E-state index in [0.29, 0.717) is 0 Å². The summed E-state index contributed by atoms with van der Waals surface area (Å²) in [5.74, 6) is 4.68. The van der Waals surface area contributed by atoms with Crippen LogP contribution < -0.4 is 9.41 Å². The number of halogens is 7. The summed E-state index contributed by atoms with van der Waals surface area (Å²) in [6.45, 7) is 13.4. The molecule has 0 aromatic heterocycles. The summed E-state index contributed by atoms with van der Waals surface area (Å²) in [7, 11) is 0. The first-order valence-electron chi connectivity index (χ1n) is 6.12. The molecule has 0 heterocycles. The fourth-order valence-electron chi connectivity index (χ4n) is 2.39. The monoisotopic (exact) mass is 538 g/mol. The topological polar surface area (TPSA) is 23.8 Å². The molecule has 0 aromatic rings. The van der Waals surface area contributed by atoms with E-state index in [0.717, 1.165) is 29.6 Å². The van der Waals surface area contributed by atoms with E-state index in [-0.39, 0.29) is 28.9 Å². The van der Waals surface area contributed by atoms with Crippen molar-refractivity contribution in [3.05, 3.63) is 0 Å². The van der Waals surface area contributed by atoms with E-state index in [1.54, 1.807) is 6.07 Å². The molecule has 1 fully saturated rings. The van der Waals surface area contributed by atoms with Gasteiger partial charge in [-0.3, -0.25) is 0 Å². The fraction of sp³-hybridized carbons (Fsp3) is 0.917. The Labute approximate surface area is 145 Å². The first-order valence-corrected chi connectivity index (χ1v) is 10.9. The smallest absolute Gasteiger partial charge is 2.00 e. The molecule has 1 nitrogen and oxygen atoms in total. The Morgan fingerprint density at radius 3 is 0.773 bits per heavy atom. The van der Waals surface area contributed by atoms with Gasteiger partial charge < -0.3 is 9.41 Å². The van der Waals surface area contributed by atoms with Crippen molar-refractivity contribution in [2.75, 3.05) is 0 Å². The summed E-state index contributed by atoms with van der Waals surface area (Å²) in [5.41, 5.74) is 0. The summed E-state index contributed by atoms with van der Waals surface area (Å²) < 4.78 is 49.6. The Morgan fingerprint density at radius 2 is 0.727 bits per heavy atom. The number of hydrogen-bond donors (Lipinski definition) is 0. The molecule has 0 unspecified atom stereocenters. The Kier molecular flexibility index (Phi) is 19.8. The van der Waals surface area contributed by atoms with Crippen molar-refractivity contribution in [3.63, 3.8) is 0 Å². The molecule has 139 valence electrons. The van der Waals surface area contributed by atoms with Gasteiger partial charge in [0.05, 0.1) is 6.07 Å². The predicted molar refractivity (Wildman–Crippen MR) is 68.4 cm³/mol. The Balaban J connectivity index is -0.0000000709. The van der Waals surface area contributed by atoms with Crippen LogP contribution in [0, 0.1) is 40.9 Å². The van der Waals surface area contributed by atoms with E-state index in [9.17, 15) is 14.1 Å². The van der Waals surface area contributed by atoms with Crippen LogP contribution in [0.2, 0.25) is 0 Å². The minimum absolute atomic E-state index is 0. The van der Waals surface area contributed by atoms with E-state index in [1.165, 1.54) is 6.92 Å². The summed E-state index contributed by atoms with van der Waals surface area (Å²) in [5, 5.41) is 7.32. The first kappa shape index (κ1) is 33.9. The van der Waals surface area contributed by atoms with E-state index < -0.39 is 20.3 Å². The van der Waals surface area contributed by atoms with Crippen LogP contribution in [0.25, 0.3) is 0 Å². The molecular weight excluding hydrogens is 516 g/mol. The molecule has 0 aliphatic heterocycles. The van der Waals surface area contributed by atoms with Crippen molar-refractivity contribution in [2.24, 2.45) is 29.6 Å². The van der Waals surface area contributed by atoms with Gasteiger partial charge in [0.15, 0.2) is 0 Å². The third-order valence-corrected chi connectivity index (χ3v) is 4.15. The second kappa shape index (κ2) is 12.8. The van der Waals surface area contributed by atoms with E-state index >= 15 is 0 Å². The summed E-state index contributed by atoms with van der Waals surface area (Å²) >= 11 is -9.19. The van der Waals surface area contributed by atoms with Crippen molar-refractivity contribution in [1.29, 1.82) is 5.26 Å². The molecule has 0 bridgehead atoms. The summed E-state index contributed by atoms with van der Waals surface area (Å²) in [6.07, 6.45) is 0. The average molecular weight is 539 g/mol. The van der Waals surface area contributed by atoms with Crippen LogP contribution in [0.15, 0.2) is 0 Å². The third-order valence-electron chi connectivity index (χ3n) is 4.15. The van der Waals surface area contributed by atoms with Crippen LogP contribution in [0.4, 0.5) is 14.1 Å². The molecule has 1 radical (unpaired) electrons. The van der Waals surface area contributed by atoms with E-state index in [1.807, 2.05) is 0 Å². The molecule has 1 aliphatic carbocycles. The van der Waals surface area contributed by atoms with Gasteiger partial charge in [-0.25, -0.2) is 0 Å². The predicted octanol–water partition coefficient (Wildman–Crippen LogP) is -0.564. The SMILES string of the molecule is CC#N.CC1C(C)C(C)C(C)C1C.[F-].[F-].[F][Sb]([F])([F])([F])[F].[Rh+2]. The molecule has 22 heavy (non-hydrogen) atoms. The van der Waals surface area contributed by atoms with Crippen LogP contribution in [0.1, 0.15) is 41.5 Å². The molecular formula is C12H23F7NRhSb. The normalized spacial score (nSPS) is 30.8. The third kappa shape index (κ3) is 18.5. The largest absolute Gasteiger partial charge is 2.00 e. The maximum atomic E-state index is 9.91. The van der Waals surface area contributed by atoms with Gasteiger partial charge in [-0.05, 0) is 29.6 Å². The average Bonchev–Trinajstić information content (AvgIpc) is 2.34. The van der Waals surface area contributed by atoms with Crippen molar-refractivity contribution in [2.45, 2.75) is 41.5 Å². The Hall–Kier alpha value is 0.442. The number of nitrogens with zero attached hydrogens (tertiary/aromatic N) is 1. The second-order valence-electron chi connectivity index (χ2n) is 5.16. The number of nitriles is 1. The molecule has 1 aliphatic rings. The van der Waals surface area contributed by atoms with E-state index in [4.69, 9.17) is 5.26 Å². The van der Waals surface area contributed by atoms with E-state index in [2.05, 4.69) is 34.6 Å². The molecule has 0 atom stereocenters. The molecule has 0 aromatic carbocycles. The van der Waals surface area contributed by atoms with Gasteiger partial charge in [0, 0.05) is 6.92 Å². The minimum atomic E-state index is -9.19. The van der Waals surface area contributed by atoms with Crippen molar-refractivity contribution >= 4 is 20.3 Å². The van der Waals surface area contributed by atoms with Crippen LogP contribution in [0.3, 0.4) is 0 Å². The second-order valence-corrected chi connectivity index (χ2v) is 8.80. The molecule has 0 spiro atoms. The number of rotatable bonds is 0. The quantitative estimate of drug-likeness (QED) is 0.300. The maximum absolute atomic E-state index is 9.91. The van der Waals surface area contributed by atoms with Crippen molar-refractivity contribution in [1.82, 2.24) is 0 Å². The molecule has 1 saturated carbocycles. The Morgan fingerprint density at radius 1 is 0.682 bits per heavy atom. The van der Waals surface area contributed by atoms with Crippen LogP contribution in [0.5, 0.6) is 0 Å². The van der Waals surface area contributed by atoms with Gasteiger partial charge in [-0.15, -0.1) is 0 Å². The van der Waals surface area contributed by atoms with Gasteiger partial charge in [-0.2, -0.15) is 5.26 Å². The maximum Gasteiger partial charge on any atom is 2.00 e.